The molecule has 43 heavy (non-hydrogen) atoms. The van der Waals surface area contributed by atoms with Crippen LogP contribution in [0.3, 0.4) is 0 Å². The molecule has 2 heterocycles. The van der Waals surface area contributed by atoms with Crippen molar-refractivity contribution in [3.8, 4) is 33.6 Å². The molecule has 0 spiro atoms. The van der Waals surface area contributed by atoms with Gasteiger partial charge in [-0.3, -0.25) is 0 Å². The summed E-state index contributed by atoms with van der Waals surface area (Å²) >= 11 is 0. The summed E-state index contributed by atoms with van der Waals surface area (Å²) in [6.45, 7) is 4.83. The molecule has 0 N–H and O–H groups in total. The normalized spacial score (nSPS) is 13.0. The van der Waals surface area contributed by atoms with Gasteiger partial charge in [-0.05, 0) is 51.3 Å². The van der Waals surface area contributed by atoms with Crippen LogP contribution in [0.25, 0.3) is 33.6 Å². The van der Waals surface area contributed by atoms with E-state index in [9.17, 15) is 0 Å². The van der Waals surface area contributed by atoms with Crippen molar-refractivity contribution in [3.05, 3.63) is 163 Å². The van der Waals surface area contributed by atoms with E-state index in [0.29, 0.717) is 16.7 Å². The molecule has 0 aliphatic carbocycles. The van der Waals surface area contributed by atoms with Crippen LogP contribution in [-0.4, -0.2) is 18.0 Å². The Balaban J connectivity index is 0.000000217. The Kier molecular flexibility index (Phi) is 8.89. The first-order valence-electron chi connectivity index (χ1n) is 16.4. The summed E-state index contributed by atoms with van der Waals surface area (Å²) < 4.78 is 39.3. The van der Waals surface area contributed by atoms with Gasteiger partial charge in [0.1, 0.15) is 0 Å². The molecule has 0 amide bonds. The summed E-state index contributed by atoms with van der Waals surface area (Å²) in [7, 11) is -1.57. The van der Waals surface area contributed by atoms with Crippen LogP contribution >= 0.6 is 0 Å². The summed E-state index contributed by atoms with van der Waals surface area (Å²) in [6.07, 6.45) is 2.08. The van der Waals surface area contributed by atoms with E-state index >= 15 is 0 Å². The van der Waals surface area contributed by atoms with E-state index in [1.807, 2.05) is 66.9 Å². The first-order valence-corrected chi connectivity index (χ1v) is 17.4. The fourth-order valence-corrected chi connectivity index (χ4v) is 6.01. The molecule has 0 saturated carbocycles. The zero-order chi connectivity index (χ0) is 33.7. The number of rotatable bonds is 6. The van der Waals surface area contributed by atoms with Gasteiger partial charge in [-0.1, -0.05) is 99.3 Å². The van der Waals surface area contributed by atoms with Crippen LogP contribution in [0.15, 0.2) is 134 Å². The van der Waals surface area contributed by atoms with Crippen molar-refractivity contribution in [2.75, 3.05) is 0 Å². The van der Waals surface area contributed by atoms with E-state index in [4.69, 9.17) is 6.85 Å². The number of hydrogen-bond acceptors (Lipinski definition) is 2. The van der Waals surface area contributed by atoms with Gasteiger partial charge in [0.15, 0.2) is 0 Å². The number of aromatic nitrogens is 2. The minimum atomic E-state index is -2.11. The van der Waals surface area contributed by atoms with Crippen LogP contribution in [-0.2, 0) is 26.5 Å². The first-order chi connectivity index (χ1) is 22.3. The van der Waals surface area contributed by atoms with Crippen LogP contribution in [0.1, 0.15) is 23.5 Å². The quantitative estimate of drug-likeness (QED) is 0.125. The molecule has 2 aromatic heterocycles. The largest absolute Gasteiger partial charge is 0.305 e. The topological polar surface area (TPSA) is 25.8 Å². The summed E-state index contributed by atoms with van der Waals surface area (Å²) in [5.74, 6) is 0. The molecule has 0 aliphatic heterocycles. The van der Waals surface area contributed by atoms with E-state index < -0.39 is 21.3 Å². The molecule has 6 rings (SSSR count). The smallest absolute Gasteiger partial charge is 0.0803 e. The Labute approximate surface area is 278 Å². The van der Waals surface area contributed by atoms with Crippen molar-refractivity contribution in [2.45, 2.75) is 32.9 Å². The van der Waals surface area contributed by atoms with Gasteiger partial charge < -0.3 is 9.97 Å². The maximum atomic E-state index is 8.40. The van der Waals surface area contributed by atoms with Gasteiger partial charge in [0.05, 0.1) is 8.07 Å². The summed E-state index contributed by atoms with van der Waals surface area (Å²) in [6, 6.07) is 43.9. The number of aryl methyl sites for hydroxylation is 1. The molecule has 217 valence electrons. The van der Waals surface area contributed by atoms with Crippen molar-refractivity contribution >= 4 is 13.3 Å². The Morgan fingerprint density at radius 3 is 2.07 bits per heavy atom. The summed E-state index contributed by atoms with van der Waals surface area (Å²) in [5, 5.41) is 1.31. The minimum Gasteiger partial charge on any atom is -0.305 e. The van der Waals surface area contributed by atoms with E-state index in [2.05, 4.69) is 59.9 Å². The van der Waals surface area contributed by atoms with Crippen molar-refractivity contribution in [3.63, 3.8) is 0 Å². The van der Waals surface area contributed by atoms with Crippen LogP contribution in [0.4, 0.5) is 0 Å². The second-order valence-corrected chi connectivity index (χ2v) is 16.0. The molecule has 4 heteroatoms. The predicted molar refractivity (Wildman–Crippen MR) is 179 cm³/mol. The number of hydrogen-bond donors (Lipinski definition) is 0. The molecule has 0 atom stereocenters. The van der Waals surface area contributed by atoms with Gasteiger partial charge in [-0.15, -0.1) is 71.3 Å². The average molecular weight is 758 g/mol. The molecule has 1 radical (unpaired) electrons. The first kappa shape index (κ1) is 25.5. The Bertz CT molecular complexity index is 1910. The van der Waals surface area contributed by atoms with Crippen LogP contribution < -0.4 is 5.19 Å². The van der Waals surface area contributed by atoms with Crippen molar-refractivity contribution in [1.82, 2.24) is 9.97 Å². The fourth-order valence-electron chi connectivity index (χ4n) is 4.54. The summed E-state index contributed by atoms with van der Waals surface area (Å²) in [5.41, 5.74) is 7.10. The predicted octanol–water partition coefficient (Wildman–Crippen LogP) is 9.21. The van der Waals surface area contributed by atoms with Gasteiger partial charge in [0.25, 0.3) is 0 Å². The average Bonchev–Trinajstić information content (AvgIpc) is 3.09. The standard InChI is InChI=1S/C21H22NSi.C18H14N.Ir/c1-16-10-12-18(13-11-16)20-14-19(17-8-6-5-7-9-17)21(15-22-20)23(2,3)4;1-3-7-15(8-4-1)13-16-11-12-19-18(14-16)17-9-5-2-6-10-17;/h5-12,14-15H,1-4H3;1-9,11-12,14H,13H2;/q2*-1;/i1D3;13D2;. The molecule has 0 aliphatic rings. The third-order valence-electron chi connectivity index (χ3n) is 6.69. The van der Waals surface area contributed by atoms with Gasteiger partial charge in [-0.25, -0.2) is 0 Å². The molecular weight excluding hydrogens is 717 g/mol. The zero-order valence-corrected chi connectivity index (χ0v) is 27.8. The molecule has 0 bridgehead atoms. The van der Waals surface area contributed by atoms with E-state index in [1.165, 1.54) is 16.3 Å². The van der Waals surface area contributed by atoms with E-state index in [0.717, 1.165) is 22.5 Å². The third kappa shape index (κ3) is 8.78. The van der Waals surface area contributed by atoms with Crippen molar-refractivity contribution in [2.24, 2.45) is 0 Å². The van der Waals surface area contributed by atoms with Crippen LogP contribution in [0, 0.1) is 19.0 Å². The number of nitrogens with zero attached hydrogens (tertiary/aromatic N) is 2. The maximum Gasteiger partial charge on any atom is 0.0803 e. The van der Waals surface area contributed by atoms with Gasteiger partial charge >= 0.3 is 0 Å². The van der Waals surface area contributed by atoms with Crippen molar-refractivity contribution in [1.29, 1.82) is 0 Å². The molecule has 0 fully saturated rings. The van der Waals surface area contributed by atoms with Crippen LogP contribution in [0.5, 0.6) is 0 Å². The van der Waals surface area contributed by atoms with E-state index in [1.54, 1.807) is 48.7 Å². The number of benzene rings is 4. The monoisotopic (exact) mass is 758 g/mol. The minimum absolute atomic E-state index is 0. The Morgan fingerprint density at radius 1 is 0.721 bits per heavy atom. The van der Waals surface area contributed by atoms with Gasteiger partial charge in [-0.2, -0.15) is 0 Å². The second kappa shape index (κ2) is 15.0. The van der Waals surface area contributed by atoms with Crippen molar-refractivity contribution < 1.29 is 27.0 Å². The second-order valence-electron chi connectivity index (χ2n) is 10.9. The molecular formula is C39H36IrN2Si-2. The molecule has 0 unspecified atom stereocenters. The zero-order valence-electron chi connectivity index (χ0n) is 29.4. The van der Waals surface area contributed by atoms with Gasteiger partial charge in [0, 0.05) is 39.4 Å². The Morgan fingerprint density at radius 2 is 1.42 bits per heavy atom. The molecule has 6 aromatic rings. The molecule has 2 nitrogen and oxygen atoms in total. The molecule has 0 saturated heterocycles. The fraction of sp³-hybridized carbons (Fsp3) is 0.128. The third-order valence-corrected chi connectivity index (χ3v) is 8.71. The SMILES string of the molecule is [2H]C([2H])([2H])c1c[c-]c(-c2cc(-c3ccccc3)c([Si](C)(C)C)cn2)cc1.[2H]C([2H])(c1ccccc1)c1ccnc(-c2[c-]cccc2)c1.[Ir]. The van der Waals surface area contributed by atoms with Crippen LogP contribution in [0.2, 0.25) is 19.6 Å². The number of pyridine rings is 2. The summed E-state index contributed by atoms with van der Waals surface area (Å²) in [4.78, 5) is 8.98. The van der Waals surface area contributed by atoms with E-state index in [-0.39, 0.29) is 20.1 Å². The van der Waals surface area contributed by atoms with Gasteiger partial charge in [0.2, 0.25) is 0 Å². The maximum absolute atomic E-state index is 8.40. The Hall–Kier alpha value is -3.95. The molecule has 4 aromatic carbocycles.